The zero-order chi connectivity index (χ0) is 27.0. The molecule has 0 aliphatic carbocycles. The smallest absolute Gasteiger partial charge is 0.104 e. The minimum atomic E-state index is 0.307. The number of rotatable bonds is 17. The van der Waals surface area contributed by atoms with Gasteiger partial charge in [0.15, 0.2) is 0 Å². The van der Waals surface area contributed by atoms with E-state index in [1.807, 2.05) is 0 Å². The Kier molecular flexibility index (Phi) is 9.35. The average molecular weight is 543 g/mol. The summed E-state index contributed by atoms with van der Waals surface area (Å²) in [5.74, 6) is 0. The normalized spacial score (nSPS) is 18.0. The van der Waals surface area contributed by atoms with E-state index < -0.39 is 0 Å². The second kappa shape index (κ2) is 13.7. The fourth-order valence-corrected chi connectivity index (χ4v) is 4.84. The van der Waals surface area contributed by atoms with Crippen LogP contribution in [0.1, 0.15) is 22.3 Å². The Labute approximate surface area is 236 Å². The summed E-state index contributed by atoms with van der Waals surface area (Å²) in [5.41, 5.74) is 5.08. The standard InChI is InChI=1S/C34H38O6/c1(25-3-7-31-17-27(5-9-29(31)15-25)19-35-11-13-37-21-33-23-39-33)2-26-4-8-32-18-28(6-10-30(32)16-26)20-36-12-14-38-22-34-24-40-34/h3-10,15-18,33-34H,1-2,11-14,19-24H2. The topological polar surface area (TPSA) is 62.0 Å². The highest BCUT2D eigenvalue weighted by Gasteiger charge is 2.22. The van der Waals surface area contributed by atoms with E-state index >= 15 is 0 Å². The molecular formula is C34H38O6. The Morgan fingerprint density at radius 3 is 1.23 bits per heavy atom. The molecule has 4 aromatic rings. The first kappa shape index (κ1) is 27.3. The predicted molar refractivity (Wildman–Crippen MR) is 156 cm³/mol. The lowest BCUT2D eigenvalue weighted by Crippen LogP contribution is -2.08. The van der Waals surface area contributed by atoms with Crippen molar-refractivity contribution < 1.29 is 28.4 Å². The van der Waals surface area contributed by atoms with Crippen LogP contribution in [0.25, 0.3) is 21.5 Å². The van der Waals surface area contributed by atoms with Crippen molar-refractivity contribution in [3.05, 3.63) is 95.1 Å². The molecule has 2 atom stereocenters. The molecule has 2 aliphatic heterocycles. The minimum absolute atomic E-state index is 0.307. The molecule has 0 saturated carbocycles. The van der Waals surface area contributed by atoms with Gasteiger partial charge in [0.1, 0.15) is 12.2 Å². The molecule has 6 nitrogen and oxygen atoms in total. The van der Waals surface area contributed by atoms with Crippen molar-refractivity contribution in [1.29, 1.82) is 0 Å². The Morgan fingerprint density at radius 1 is 0.475 bits per heavy atom. The molecule has 0 aromatic heterocycles. The molecule has 2 saturated heterocycles. The van der Waals surface area contributed by atoms with Crippen molar-refractivity contribution in [2.45, 2.75) is 38.3 Å². The van der Waals surface area contributed by atoms with Gasteiger partial charge in [0, 0.05) is 0 Å². The third-order valence-corrected chi connectivity index (χ3v) is 7.33. The number of hydrogen-bond donors (Lipinski definition) is 0. The van der Waals surface area contributed by atoms with E-state index in [-0.39, 0.29) is 0 Å². The largest absolute Gasteiger partial charge is 0.376 e. The van der Waals surface area contributed by atoms with Crippen molar-refractivity contribution in [3.8, 4) is 0 Å². The zero-order valence-electron chi connectivity index (χ0n) is 23.0. The summed E-state index contributed by atoms with van der Waals surface area (Å²) in [7, 11) is 0. The fourth-order valence-electron chi connectivity index (χ4n) is 4.84. The van der Waals surface area contributed by atoms with Crippen LogP contribution in [0.4, 0.5) is 0 Å². The van der Waals surface area contributed by atoms with Gasteiger partial charge in [-0.15, -0.1) is 0 Å². The molecular weight excluding hydrogens is 504 g/mol. The lowest BCUT2D eigenvalue weighted by Gasteiger charge is -2.09. The first-order valence-corrected chi connectivity index (χ1v) is 14.4. The lowest BCUT2D eigenvalue weighted by molar-refractivity contribution is 0.0353. The molecule has 0 radical (unpaired) electrons. The maximum absolute atomic E-state index is 5.78. The monoisotopic (exact) mass is 542 g/mol. The van der Waals surface area contributed by atoms with Gasteiger partial charge in [-0.2, -0.15) is 0 Å². The molecule has 6 rings (SSSR count). The van der Waals surface area contributed by atoms with Crippen LogP contribution in [0.15, 0.2) is 72.8 Å². The van der Waals surface area contributed by atoms with Crippen LogP contribution in [0, 0.1) is 0 Å². The van der Waals surface area contributed by atoms with Crippen molar-refractivity contribution >= 4 is 21.5 Å². The molecule has 2 heterocycles. The molecule has 0 spiro atoms. The SMILES string of the molecule is c1cc2cc(COCCOCC3CO3)ccc2cc1CCc1ccc2cc(COCCOCC3CO3)ccc2c1. The molecule has 2 aliphatic rings. The number of benzene rings is 4. The van der Waals surface area contributed by atoms with Gasteiger partial charge >= 0.3 is 0 Å². The Balaban J connectivity index is 0.953. The molecule has 0 N–H and O–H groups in total. The highest BCUT2D eigenvalue weighted by Crippen LogP contribution is 2.22. The van der Waals surface area contributed by atoms with Crippen LogP contribution in [0.5, 0.6) is 0 Å². The molecule has 4 aromatic carbocycles. The van der Waals surface area contributed by atoms with E-state index in [0.717, 1.165) is 26.1 Å². The van der Waals surface area contributed by atoms with E-state index in [4.69, 9.17) is 28.4 Å². The molecule has 210 valence electrons. The first-order valence-electron chi connectivity index (χ1n) is 14.4. The number of fused-ring (bicyclic) bond motifs is 2. The van der Waals surface area contributed by atoms with Crippen LogP contribution in [0.3, 0.4) is 0 Å². The highest BCUT2D eigenvalue weighted by atomic mass is 16.6. The number of epoxide rings is 2. The Hall–Kier alpha value is -2.84. The van der Waals surface area contributed by atoms with Crippen molar-refractivity contribution in [2.24, 2.45) is 0 Å². The van der Waals surface area contributed by atoms with Gasteiger partial charge in [-0.3, -0.25) is 0 Å². The van der Waals surface area contributed by atoms with Gasteiger partial charge < -0.3 is 28.4 Å². The number of ether oxygens (including phenoxy) is 6. The van der Waals surface area contributed by atoms with Crippen LogP contribution < -0.4 is 0 Å². The zero-order valence-corrected chi connectivity index (χ0v) is 23.0. The minimum Gasteiger partial charge on any atom is -0.376 e. The summed E-state index contributed by atoms with van der Waals surface area (Å²) in [6, 6.07) is 26.7. The van der Waals surface area contributed by atoms with Gasteiger partial charge in [-0.25, -0.2) is 0 Å². The van der Waals surface area contributed by atoms with E-state index in [2.05, 4.69) is 72.8 Å². The van der Waals surface area contributed by atoms with Crippen LogP contribution in [-0.2, 0) is 54.5 Å². The summed E-state index contributed by atoms with van der Waals surface area (Å²) >= 11 is 0. The van der Waals surface area contributed by atoms with Crippen LogP contribution in [0.2, 0.25) is 0 Å². The van der Waals surface area contributed by atoms with Crippen molar-refractivity contribution in [1.82, 2.24) is 0 Å². The molecule has 6 heteroatoms. The molecule has 2 fully saturated rings. The van der Waals surface area contributed by atoms with E-state index in [1.165, 1.54) is 43.8 Å². The highest BCUT2D eigenvalue weighted by molar-refractivity contribution is 5.84. The number of hydrogen-bond acceptors (Lipinski definition) is 6. The van der Waals surface area contributed by atoms with E-state index in [1.54, 1.807) is 0 Å². The van der Waals surface area contributed by atoms with Gasteiger partial charge in [-0.1, -0.05) is 60.7 Å². The lowest BCUT2D eigenvalue weighted by atomic mass is 9.98. The first-order chi connectivity index (χ1) is 19.8. The summed E-state index contributed by atoms with van der Waals surface area (Å²) in [6.07, 6.45) is 2.64. The van der Waals surface area contributed by atoms with Gasteiger partial charge in [0.05, 0.1) is 66.1 Å². The van der Waals surface area contributed by atoms with E-state index in [9.17, 15) is 0 Å². The molecule has 0 bridgehead atoms. The second-order valence-corrected chi connectivity index (χ2v) is 10.7. The van der Waals surface area contributed by atoms with Crippen molar-refractivity contribution in [3.63, 3.8) is 0 Å². The Morgan fingerprint density at radius 2 is 0.825 bits per heavy atom. The fraction of sp³-hybridized carbons (Fsp3) is 0.412. The van der Waals surface area contributed by atoms with Gasteiger partial charge in [-0.05, 0) is 68.8 Å². The third-order valence-electron chi connectivity index (χ3n) is 7.33. The molecule has 40 heavy (non-hydrogen) atoms. The number of aryl methyl sites for hydroxylation is 2. The molecule has 0 amide bonds. The quantitative estimate of drug-likeness (QED) is 0.127. The second-order valence-electron chi connectivity index (χ2n) is 10.7. The summed E-state index contributed by atoms with van der Waals surface area (Å²) in [5, 5.41) is 5.03. The summed E-state index contributed by atoms with van der Waals surface area (Å²) in [4.78, 5) is 0. The van der Waals surface area contributed by atoms with Crippen LogP contribution in [-0.4, -0.2) is 65.1 Å². The predicted octanol–water partition coefficient (Wildman–Crippen LogP) is 5.64. The summed E-state index contributed by atoms with van der Waals surface area (Å²) < 4.78 is 32.9. The van der Waals surface area contributed by atoms with Crippen LogP contribution >= 0.6 is 0 Å². The van der Waals surface area contributed by atoms with E-state index in [0.29, 0.717) is 65.1 Å². The maximum Gasteiger partial charge on any atom is 0.104 e. The maximum atomic E-state index is 5.78. The molecule has 2 unspecified atom stereocenters. The third kappa shape index (κ3) is 8.33. The average Bonchev–Trinajstić information content (AvgIpc) is 3.92. The van der Waals surface area contributed by atoms with Gasteiger partial charge in [0.25, 0.3) is 0 Å². The van der Waals surface area contributed by atoms with Gasteiger partial charge in [0.2, 0.25) is 0 Å². The summed E-state index contributed by atoms with van der Waals surface area (Å²) in [6.45, 7) is 6.62. The van der Waals surface area contributed by atoms with Crippen molar-refractivity contribution in [2.75, 3.05) is 52.9 Å². The Bertz CT molecular complexity index is 1290.